The van der Waals surface area contributed by atoms with Crippen LogP contribution in [-0.2, 0) is 21.3 Å². The van der Waals surface area contributed by atoms with Gasteiger partial charge in [-0.05, 0) is 31.2 Å². The highest BCUT2D eigenvalue weighted by molar-refractivity contribution is 7.89. The molecule has 1 aliphatic heterocycles. The second-order valence-corrected chi connectivity index (χ2v) is 7.70. The maximum absolute atomic E-state index is 12.1. The summed E-state index contributed by atoms with van der Waals surface area (Å²) in [7, 11) is -3.16. The van der Waals surface area contributed by atoms with Gasteiger partial charge in [-0.15, -0.1) is 11.3 Å². The average molecular weight is 289 g/mol. The molecule has 1 aliphatic rings. The molecule has 1 unspecified atom stereocenters. The summed E-state index contributed by atoms with van der Waals surface area (Å²) in [5.41, 5.74) is 0. The normalized spacial score (nSPS) is 20.7. The van der Waals surface area contributed by atoms with Gasteiger partial charge in [0, 0.05) is 24.6 Å². The molecule has 0 bridgehead atoms. The molecule has 2 rings (SSSR count). The quantitative estimate of drug-likeness (QED) is 0.805. The maximum Gasteiger partial charge on any atom is 0.214 e. The van der Waals surface area contributed by atoms with Crippen molar-refractivity contribution in [3.8, 4) is 0 Å². The zero-order chi connectivity index (χ0) is 13.0. The summed E-state index contributed by atoms with van der Waals surface area (Å²) >= 11 is 1.59. The Labute approximate surface area is 113 Å². The Bertz CT molecular complexity index is 450. The lowest BCUT2D eigenvalue weighted by Crippen LogP contribution is -2.37. The smallest absolute Gasteiger partial charge is 0.214 e. The second-order valence-electron chi connectivity index (χ2n) is 4.41. The van der Waals surface area contributed by atoms with Crippen molar-refractivity contribution in [1.29, 1.82) is 0 Å². The van der Waals surface area contributed by atoms with Gasteiger partial charge in [0.2, 0.25) is 10.0 Å². The van der Waals surface area contributed by atoms with E-state index in [-0.39, 0.29) is 11.9 Å². The van der Waals surface area contributed by atoms with Crippen LogP contribution in [0, 0.1) is 0 Å². The number of sulfonamides is 1. The Hall–Kier alpha value is -0.430. The van der Waals surface area contributed by atoms with E-state index in [0.717, 1.165) is 24.3 Å². The molecule has 4 nitrogen and oxygen atoms in total. The van der Waals surface area contributed by atoms with Gasteiger partial charge in [-0.2, -0.15) is 4.31 Å². The molecule has 102 valence electrons. The zero-order valence-corrected chi connectivity index (χ0v) is 12.2. The third-order valence-electron chi connectivity index (χ3n) is 3.10. The number of hydrogen-bond acceptors (Lipinski definition) is 4. The van der Waals surface area contributed by atoms with Crippen molar-refractivity contribution in [2.24, 2.45) is 0 Å². The molecular weight excluding hydrogens is 270 g/mol. The average Bonchev–Trinajstić information content (AvgIpc) is 3.01. The van der Waals surface area contributed by atoms with Gasteiger partial charge in [-0.3, -0.25) is 0 Å². The van der Waals surface area contributed by atoms with Gasteiger partial charge in [0.1, 0.15) is 0 Å². The van der Waals surface area contributed by atoms with Crippen molar-refractivity contribution < 1.29 is 13.2 Å². The lowest BCUT2D eigenvalue weighted by Gasteiger charge is -2.23. The van der Waals surface area contributed by atoms with Gasteiger partial charge >= 0.3 is 0 Å². The van der Waals surface area contributed by atoms with Crippen LogP contribution < -0.4 is 0 Å². The fourth-order valence-electron chi connectivity index (χ4n) is 2.05. The molecule has 1 saturated heterocycles. The Kier molecular flexibility index (Phi) is 4.77. The summed E-state index contributed by atoms with van der Waals surface area (Å²) in [6.07, 6.45) is 2.05. The predicted molar refractivity (Wildman–Crippen MR) is 73.2 cm³/mol. The first-order valence-corrected chi connectivity index (χ1v) is 8.72. The molecule has 18 heavy (non-hydrogen) atoms. The molecule has 0 spiro atoms. The van der Waals surface area contributed by atoms with E-state index in [0.29, 0.717) is 13.1 Å². The van der Waals surface area contributed by atoms with Crippen LogP contribution in [0.15, 0.2) is 17.5 Å². The molecule has 0 aromatic carbocycles. The number of rotatable bonds is 6. The minimum absolute atomic E-state index is 0.0614. The van der Waals surface area contributed by atoms with Crippen LogP contribution in [0.2, 0.25) is 0 Å². The number of thiophene rings is 1. The number of ether oxygens (including phenoxy) is 1. The molecule has 1 fully saturated rings. The van der Waals surface area contributed by atoms with Crippen molar-refractivity contribution in [3.05, 3.63) is 22.4 Å². The number of hydrogen-bond donors (Lipinski definition) is 0. The van der Waals surface area contributed by atoms with E-state index >= 15 is 0 Å². The van der Waals surface area contributed by atoms with Gasteiger partial charge in [-0.25, -0.2) is 8.42 Å². The van der Waals surface area contributed by atoms with E-state index < -0.39 is 10.0 Å². The third-order valence-corrected chi connectivity index (χ3v) is 5.76. The fraction of sp³-hybridized carbons (Fsp3) is 0.667. The monoisotopic (exact) mass is 289 g/mol. The summed E-state index contributed by atoms with van der Waals surface area (Å²) in [5, 5.41) is 1.97. The van der Waals surface area contributed by atoms with Crippen LogP contribution in [0.4, 0.5) is 0 Å². The van der Waals surface area contributed by atoms with Crippen LogP contribution in [-0.4, -0.2) is 37.7 Å². The molecule has 0 saturated carbocycles. The molecule has 2 heterocycles. The number of nitrogens with zero attached hydrogens (tertiary/aromatic N) is 1. The first-order chi connectivity index (χ1) is 8.62. The lowest BCUT2D eigenvalue weighted by molar-refractivity contribution is 0.0928. The summed E-state index contributed by atoms with van der Waals surface area (Å²) in [4.78, 5) is 1.07. The van der Waals surface area contributed by atoms with E-state index in [2.05, 4.69) is 0 Å². The largest absolute Gasteiger partial charge is 0.377 e. The highest BCUT2D eigenvalue weighted by Crippen LogP contribution is 2.19. The Morgan fingerprint density at radius 1 is 1.56 bits per heavy atom. The van der Waals surface area contributed by atoms with Gasteiger partial charge in [-0.1, -0.05) is 6.07 Å². The molecular formula is C12H19NO3S2. The second kappa shape index (κ2) is 6.14. The molecule has 0 N–H and O–H groups in total. The molecule has 1 aromatic rings. The SMILES string of the molecule is CCS(=O)(=O)N(Cc1cccs1)CC1CCCO1. The van der Waals surface area contributed by atoms with Crippen LogP contribution >= 0.6 is 11.3 Å². The van der Waals surface area contributed by atoms with Crippen molar-refractivity contribution in [2.45, 2.75) is 32.4 Å². The minimum Gasteiger partial charge on any atom is -0.377 e. The first-order valence-electron chi connectivity index (χ1n) is 6.23. The molecule has 0 aliphatic carbocycles. The highest BCUT2D eigenvalue weighted by atomic mass is 32.2. The lowest BCUT2D eigenvalue weighted by atomic mass is 10.2. The molecule has 1 atom stereocenters. The third kappa shape index (κ3) is 3.54. The summed E-state index contributed by atoms with van der Waals surface area (Å²) in [5.74, 6) is 0.144. The molecule has 6 heteroatoms. The van der Waals surface area contributed by atoms with Crippen molar-refractivity contribution in [2.75, 3.05) is 18.9 Å². The van der Waals surface area contributed by atoms with Crippen molar-refractivity contribution in [1.82, 2.24) is 4.31 Å². The van der Waals surface area contributed by atoms with E-state index in [4.69, 9.17) is 4.74 Å². The van der Waals surface area contributed by atoms with Gasteiger partial charge in [0.15, 0.2) is 0 Å². The Balaban J connectivity index is 2.07. The van der Waals surface area contributed by atoms with E-state index in [1.165, 1.54) is 0 Å². The van der Waals surface area contributed by atoms with Gasteiger partial charge < -0.3 is 4.74 Å². The van der Waals surface area contributed by atoms with Gasteiger partial charge in [0.25, 0.3) is 0 Å². The molecule has 1 aromatic heterocycles. The van der Waals surface area contributed by atoms with Crippen molar-refractivity contribution in [3.63, 3.8) is 0 Å². The van der Waals surface area contributed by atoms with Crippen molar-refractivity contribution >= 4 is 21.4 Å². The standard InChI is InChI=1S/C12H19NO3S2/c1-2-18(14,15)13(9-11-5-3-7-16-11)10-12-6-4-8-17-12/h4,6,8,11H,2-3,5,7,9-10H2,1H3. The molecule has 0 amide bonds. The van der Waals surface area contributed by atoms with E-state index in [1.807, 2.05) is 17.5 Å². The van der Waals surface area contributed by atoms with Crippen LogP contribution in [0.3, 0.4) is 0 Å². The summed E-state index contributed by atoms with van der Waals surface area (Å²) in [6.45, 7) is 3.39. The maximum atomic E-state index is 12.1. The summed E-state index contributed by atoms with van der Waals surface area (Å²) in [6, 6.07) is 3.92. The van der Waals surface area contributed by atoms with E-state index in [1.54, 1.807) is 22.6 Å². The van der Waals surface area contributed by atoms with Crippen LogP contribution in [0.5, 0.6) is 0 Å². The first kappa shape index (κ1) is 14.0. The van der Waals surface area contributed by atoms with Crippen LogP contribution in [0.1, 0.15) is 24.6 Å². The Morgan fingerprint density at radius 2 is 2.39 bits per heavy atom. The highest BCUT2D eigenvalue weighted by Gasteiger charge is 2.26. The predicted octanol–water partition coefficient (Wildman–Crippen LogP) is 2.08. The zero-order valence-electron chi connectivity index (χ0n) is 10.5. The fourth-order valence-corrected chi connectivity index (χ4v) is 3.95. The summed E-state index contributed by atoms with van der Waals surface area (Å²) < 4.78 is 31.3. The minimum atomic E-state index is -3.16. The van der Waals surface area contributed by atoms with E-state index in [9.17, 15) is 8.42 Å². The topological polar surface area (TPSA) is 46.6 Å². The molecule has 0 radical (unpaired) electrons. The van der Waals surface area contributed by atoms with Crippen LogP contribution in [0.25, 0.3) is 0 Å². The Morgan fingerprint density at radius 3 is 2.94 bits per heavy atom. The van der Waals surface area contributed by atoms with Gasteiger partial charge in [0.05, 0.1) is 11.9 Å².